The monoisotopic (exact) mass is 439 g/mol. The van der Waals surface area contributed by atoms with E-state index in [0.29, 0.717) is 35.4 Å². The Bertz CT molecular complexity index is 936. The topological polar surface area (TPSA) is 101 Å². The van der Waals surface area contributed by atoms with Gasteiger partial charge in [-0.1, -0.05) is 43.2 Å². The summed E-state index contributed by atoms with van der Waals surface area (Å²) in [6.45, 7) is 1.48. The van der Waals surface area contributed by atoms with Crippen LogP contribution >= 0.6 is 0 Å². The summed E-state index contributed by atoms with van der Waals surface area (Å²) in [5.74, 6) is -0.460. The van der Waals surface area contributed by atoms with Crippen molar-refractivity contribution in [1.29, 1.82) is 0 Å². The summed E-state index contributed by atoms with van der Waals surface area (Å²) < 4.78 is 6.34. The molecule has 170 valence electrons. The van der Waals surface area contributed by atoms with Crippen LogP contribution in [0.5, 0.6) is 0 Å². The van der Waals surface area contributed by atoms with E-state index in [1.807, 2.05) is 25.2 Å². The predicted octanol–water partition coefficient (Wildman–Crippen LogP) is 2.26. The molecule has 0 spiro atoms. The minimum atomic E-state index is -1.63. The van der Waals surface area contributed by atoms with Gasteiger partial charge in [0.25, 0.3) is 5.91 Å². The van der Waals surface area contributed by atoms with Gasteiger partial charge in [0.1, 0.15) is 6.54 Å². The van der Waals surface area contributed by atoms with Crippen molar-refractivity contribution in [1.82, 2.24) is 9.97 Å². The molecule has 1 aliphatic carbocycles. The van der Waals surface area contributed by atoms with E-state index in [-0.39, 0.29) is 24.5 Å². The lowest BCUT2D eigenvalue weighted by Gasteiger charge is -2.33. The highest BCUT2D eigenvalue weighted by Gasteiger charge is 2.49. The first-order valence-corrected chi connectivity index (χ1v) is 11.3. The number of likely N-dealkylation sites (N-methyl/N-ethyl adjacent to an activating group) is 1. The summed E-state index contributed by atoms with van der Waals surface area (Å²) in [5, 5.41) is 14.4. The number of carbonyl (C=O) groups excluding carboxylic acids is 2. The number of esters is 1. The third-order valence-corrected chi connectivity index (χ3v) is 6.74. The molecule has 1 saturated heterocycles. The van der Waals surface area contributed by atoms with Gasteiger partial charge >= 0.3 is 5.97 Å². The first kappa shape index (κ1) is 22.4. The number of amides is 1. The number of rotatable bonds is 7. The average Bonchev–Trinajstić information content (AvgIpc) is 3.45. The number of hydrogen-bond acceptors (Lipinski definition) is 6. The lowest BCUT2D eigenvalue weighted by molar-refractivity contribution is -0.890. The quantitative estimate of drug-likeness (QED) is 0.507. The van der Waals surface area contributed by atoms with Gasteiger partial charge in [-0.05, 0) is 18.4 Å². The van der Waals surface area contributed by atoms with Crippen LogP contribution in [0.25, 0.3) is 0 Å². The van der Waals surface area contributed by atoms with Gasteiger partial charge in [-0.15, -0.1) is 0 Å². The van der Waals surface area contributed by atoms with E-state index in [1.165, 1.54) is 12.4 Å². The molecule has 4 rings (SSSR count). The van der Waals surface area contributed by atoms with Crippen molar-refractivity contribution >= 4 is 17.7 Å². The summed E-state index contributed by atoms with van der Waals surface area (Å²) in [5.41, 5.74) is -1.04. The molecule has 2 fully saturated rings. The van der Waals surface area contributed by atoms with E-state index in [0.717, 1.165) is 25.7 Å². The van der Waals surface area contributed by atoms with Crippen molar-refractivity contribution < 1.29 is 23.9 Å². The Balaban J connectivity index is 1.40. The van der Waals surface area contributed by atoms with E-state index < -0.39 is 11.6 Å². The summed E-state index contributed by atoms with van der Waals surface area (Å²) >= 11 is 0. The molecule has 1 saturated carbocycles. The number of ether oxygens (including phenoxy) is 1. The van der Waals surface area contributed by atoms with Gasteiger partial charge in [0.2, 0.25) is 0 Å². The van der Waals surface area contributed by atoms with E-state index in [9.17, 15) is 14.7 Å². The minimum Gasteiger partial charge on any atom is -0.454 e. The standard InChI is InChI=1S/C24H30N4O4/c1-28(17-22(29)27-21-15-25-12-13-26-21)14-11-20(16-28)32-23(30)24(31,19-9-5-6-10-19)18-7-3-2-4-8-18/h2-4,7-8,12-13,15,19-20,31H,5-6,9-11,14,16-17H2,1H3/p+1/t20-,24?,28?/m1/s1. The van der Waals surface area contributed by atoms with Crippen molar-refractivity contribution in [3.05, 3.63) is 54.5 Å². The Morgan fingerprint density at radius 1 is 1.19 bits per heavy atom. The highest BCUT2D eigenvalue weighted by atomic mass is 16.6. The number of carbonyl (C=O) groups is 2. The first-order valence-electron chi connectivity index (χ1n) is 11.3. The Morgan fingerprint density at radius 3 is 2.62 bits per heavy atom. The van der Waals surface area contributed by atoms with Gasteiger partial charge in [-0.2, -0.15) is 0 Å². The molecule has 1 amide bonds. The maximum Gasteiger partial charge on any atom is 0.343 e. The second kappa shape index (κ2) is 9.34. The van der Waals surface area contributed by atoms with E-state index in [2.05, 4.69) is 15.3 Å². The largest absolute Gasteiger partial charge is 0.454 e. The zero-order valence-electron chi connectivity index (χ0n) is 18.4. The van der Waals surface area contributed by atoms with Crippen LogP contribution in [0.4, 0.5) is 5.82 Å². The zero-order chi connectivity index (χ0) is 22.6. The lowest BCUT2D eigenvalue weighted by Crippen LogP contribution is -2.49. The molecule has 2 heterocycles. The maximum atomic E-state index is 13.3. The summed E-state index contributed by atoms with van der Waals surface area (Å²) in [6, 6.07) is 9.13. The van der Waals surface area contributed by atoms with Crippen molar-refractivity contribution in [2.45, 2.75) is 43.8 Å². The number of aromatic nitrogens is 2. The summed E-state index contributed by atoms with van der Waals surface area (Å²) in [4.78, 5) is 33.8. The van der Waals surface area contributed by atoms with Crippen LogP contribution in [-0.2, 0) is 19.9 Å². The maximum absolute atomic E-state index is 13.3. The number of quaternary nitrogens is 1. The smallest absolute Gasteiger partial charge is 0.343 e. The fourth-order valence-corrected chi connectivity index (χ4v) is 5.06. The van der Waals surface area contributed by atoms with E-state index in [1.54, 1.807) is 18.3 Å². The predicted molar refractivity (Wildman–Crippen MR) is 118 cm³/mol. The Morgan fingerprint density at radius 2 is 1.94 bits per heavy atom. The first-order chi connectivity index (χ1) is 15.4. The molecule has 2 aromatic rings. The van der Waals surface area contributed by atoms with Crippen LogP contribution in [0.2, 0.25) is 0 Å². The zero-order valence-corrected chi connectivity index (χ0v) is 18.4. The van der Waals surface area contributed by atoms with Gasteiger partial charge in [0, 0.05) is 24.7 Å². The molecular weight excluding hydrogens is 408 g/mol. The molecule has 1 aromatic heterocycles. The lowest BCUT2D eigenvalue weighted by atomic mass is 9.80. The minimum absolute atomic E-state index is 0.141. The SMILES string of the molecule is C[N+]1(CC(=O)Nc2cnccn2)CC[C@@H](OC(=O)C(O)(c2ccccc2)C2CCCC2)C1. The Hall–Kier alpha value is -2.84. The van der Waals surface area contributed by atoms with Crippen LogP contribution < -0.4 is 5.32 Å². The Kier molecular flexibility index (Phi) is 6.53. The van der Waals surface area contributed by atoms with Crippen molar-refractivity contribution in [2.24, 2.45) is 5.92 Å². The molecule has 0 radical (unpaired) electrons. The molecule has 8 nitrogen and oxygen atoms in total. The highest BCUT2D eigenvalue weighted by Crippen LogP contribution is 2.42. The molecule has 8 heteroatoms. The van der Waals surface area contributed by atoms with Crippen LogP contribution in [0.1, 0.15) is 37.7 Å². The molecule has 1 aromatic carbocycles. The second-order valence-electron chi connectivity index (χ2n) is 9.25. The number of hydrogen-bond donors (Lipinski definition) is 2. The fourth-order valence-electron chi connectivity index (χ4n) is 5.06. The van der Waals surface area contributed by atoms with Gasteiger partial charge in [0.05, 0.1) is 19.8 Å². The number of nitrogens with zero attached hydrogens (tertiary/aromatic N) is 3. The van der Waals surface area contributed by atoms with Crippen molar-refractivity contribution in [3.8, 4) is 0 Å². The average molecular weight is 440 g/mol. The number of likely N-dealkylation sites (tertiary alicyclic amines) is 1. The molecular formula is C24H31N4O4+. The van der Waals surface area contributed by atoms with Crippen LogP contribution in [0.3, 0.4) is 0 Å². The van der Waals surface area contributed by atoms with Crippen molar-refractivity contribution in [3.63, 3.8) is 0 Å². The molecule has 2 aliphatic rings. The summed E-state index contributed by atoms with van der Waals surface area (Å²) in [7, 11) is 1.98. The number of benzene rings is 1. The van der Waals surface area contributed by atoms with Crippen molar-refractivity contribution in [2.75, 3.05) is 32.0 Å². The fraction of sp³-hybridized carbons (Fsp3) is 0.500. The molecule has 1 aliphatic heterocycles. The van der Waals surface area contributed by atoms with E-state index in [4.69, 9.17) is 4.74 Å². The summed E-state index contributed by atoms with van der Waals surface area (Å²) in [6.07, 6.45) is 8.51. The molecule has 2 N–H and O–H groups in total. The van der Waals surface area contributed by atoms with E-state index >= 15 is 0 Å². The third kappa shape index (κ3) is 4.81. The number of nitrogens with one attached hydrogen (secondary N) is 1. The number of aliphatic hydroxyl groups is 1. The molecule has 32 heavy (non-hydrogen) atoms. The molecule has 0 bridgehead atoms. The normalized spacial score (nSPS) is 25.2. The highest BCUT2D eigenvalue weighted by molar-refractivity contribution is 5.90. The van der Waals surface area contributed by atoms with Crippen LogP contribution in [0, 0.1) is 5.92 Å². The Labute approximate surface area is 188 Å². The second-order valence-corrected chi connectivity index (χ2v) is 9.25. The van der Waals surface area contributed by atoms with Gasteiger partial charge in [-0.25, -0.2) is 9.78 Å². The third-order valence-electron chi connectivity index (χ3n) is 6.74. The van der Waals surface area contributed by atoms with Gasteiger partial charge in [-0.3, -0.25) is 9.78 Å². The van der Waals surface area contributed by atoms with Crippen LogP contribution in [-0.4, -0.2) is 64.2 Å². The van der Waals surface area contributed by atoms with Gasteiger partial charge < -0.3 is 19.6 Å². The van der Waals surface area contributed by atoms with Gasteiger partial charge in [0.15, 0.2) is 24.1 Å². The van der Waals surface area contributed by atoms with Crippen LogP contribution in [0.15, 0.2) is 48.9 Å². The number of anilines is 1. The molecule has 2 unspecified atom stereocenters. The molecule has 3 atom stereocenters.